The van der Waals surface area contributed by atoms with Crippen LogP contribution in [0.1, 0.15) is 5.82 Å². The van der Waals surface area contributed by atoms with Gasteiger partial charge in [-0.2, -0.15) is 4.79 Å². The van der Waals surface area contributed by atoms with Gasteiger partial charge in [0.15, 0.2) is 0 Å². The molecule has 0 unspecified atom stereocenters. The summed E-state index contributed by atoms with van der Waals surface area (Å²) >= 11 is 0. The molecule has 0 fully saturated rings. The smallest absolute Gasteiger partial charge is 0.146 e. The second-order valence-corrected chi connectivity index (χ2v) is 1.25. The molecule has 0 spiro atoms. The van der Waals surface area contributed by atoms with E-state index in [1.165, 1.54) is 11.1 Å². The van der Waals surface area contributed by atoms with Crippen molar-refractivity contribution < 1.29 is 0 Å². The van der Waals surface area contributed by atoms with Crippen LogP contribution in [-0.4, -0.2) is 14.9 Å². The van der Waals surface area contributed by atoms with Crippen LogP contribution in [0.3, 0.4) is 0 Å². The van der Waals surface area contributed by atoms with Gasteiger partial charge in [0.1, 0.15) is 12.2 Å². The van der Waals surface area contributed by atoms with E-state index in [1.807, 2.05) is 0 Å². The van der Waals surface area contributed by atoms with E-state index in [4.69, 9.17) is 5.84 Å². The van der Waals surface area contributed by atoms with Gasteiger partial charge in [0.25, 0.3) is 0 Å². The van der Waals surface area contributed by atoms with Crippen LogP contribution in [0.4, 0.5) is 0 Å². The SMILES string of the molecule is Cc1ncnn1N. The predicted molar refractivity (Wildman–Crippen MR) is 24.9 cm³/mol. The molecule has 1 aromatic heterocycles. The highest BCUT2D eigenvalue weighted by molar-refractivity contribution is 4.76. The summed E-state index contributed by atoms with van der Waals surface area (Å²) in [6.07, 6.45) is 1.41. The van der Waals surface area contributed by atoms with Crippen molar-refractivity contribution in [2.45, 2.75) is 6.92 Å². The van der Waals surface area contributed by atoms with E-state index in [9.17, 15) is 0 Å². The fourth-order valence-corrected chi connectivity index (χ4v) is 0.308. The number of hydrogen-bond acceptors (Lipinski definition) is 3. The van der Waals surface area contributed by atoms with Gasteiger partial charge in [-0.15, -0.1) is 5.10 Å². The zero-order valence-corrected chi connectivity index (χ0v) is 4.00. The highest BCUT2D eigenvalue weighted by Crippen LogP contribution is 1.78. The Morgan fingerprint density at radius 3 is 2.71 bits per heavy atom. The molecule has 4 nitrogen and oxygen atoms in total. The summed E-state index contributed by atoms with van der Waals surface area (Å²) in [4.78, 5) is 4.97. The summed E-state index contributed by atoms with van der Waals surface area (Å²) in [5.74, 6) is 5.91. The van der Waals surface area contributed by atoms with Gasteiger partial charge in [-0.05, 0) is 6.92 Å². The van der Waals surface area contributed by atoms with Crippen molar-refractivity contribution in [1.82, 2.24) is 14.9 Å². The van der Waals surface area contributed by atoms with E-state index in [1.54, 1.807) is 6.92 Å². The van der Waals surface area contributed by atoms with Crippen molar-refractivity contribution in [3.63, 3.8) is 0 Å². The number of rotatable bonds is 0. The fraction of sp³-hybridized carbons (Fsp3) is 0.333. The maximum absolute atomic E-state index is 5.18. The molecule has 0 aliphatic rings. The first-order chi connectivity index (χ1) is 3.30. The van der Waals surface area contributed by atoms with Gasteiger partial charge in [0.2, 0.25) is 0 Å². The maximum atomic E-state index is 5.18. The van der Waals surface area contributed by atoms with Gasteiger partial charge in [-0.1, -0.05) is 0 Å². The Balaban J connectivity index is 3.12. The minimum Gasteiger partial charge on any atom is -0.321 e. The largest absolute Gasteiger partial charge is 0.321 e. The van der Waals surface area contributed by atoms with Crippen LogP contribution < -0.4 is 5.84 Å². The van der Waals surface area contributed by atoms with Crippen molar-refractivity contribution in [1.29, 1.82) is 0 Å². The molecule has 1 rings (SSSR count). The summed E-state index contributed by atoms with van der Waals surface area (Å²) in [6.45, 7) is 1.78. The number of nitrogens with two attached hydrogens (primary N) is 1. The van der Waals surface area contributed by atoms with E-state index in [-0.39, 0.29) is 0 Å². The Morgan fingerprint density at radius 1 is 1.86 bits per heavy atom. The van der Waals surface area contributed by atoms with Crippen LogP contribution in [0.15, 0.2) is 6.33 Å². The summed E-state index contributed by atoms with van der Waals surface area (Å²) in [7, 11) is 0. The summed E-state index contributed by atoms with van der Waals surface area (Å²) in [5.41, 5.74) is 0. The lowest BCUT2D eigenvalue weighted by Crippen LogP contribution is -2.11. The molecule has 0 amide bonds. The zero-order valence-electron chi connectivity index (χ0n) is 4.00. The summed E-state index contributed by atoms with van der Waals surface area (Å²) < 4.78 is 0. The molecular weight excluding hydrogens is 92.1 g/mol. The first-order valence-electron chi connectivity index (χ1n) is 1.92. The normalized spacial score (nSPS) is 9.29. The number of aryl methyl sites for hydroxylation is 1. The highest BCUT2D eigenvalue weighted by atomic mass is 15.5. The average Bonchev–Trinajstić information content (AvgIpc) is 1.91. The molecule has 7 heavy (non-hydrogen) atoms. The standard InChI is InChI=1S/C3H6N4/c1-3-5-2-6-7(3)4/h2H,4H2,1H3. The van der Waals surface area contributed by atoms with Crippen LogP contribution >= 0.6 is 0 Å². The molecule has 2 N–H and O–H groups in total. The van der Waals surface area contributed by atoms with E-state index in [2.05, 4.69) is 10.1 Å². The third-order valence-electron chi connectivity index (χ3n) is 0.752. The second-order valence-electron chi connectivity index (χ2n) is 1.25. The molecular formula is C3H6N4. The van der Waals surface area contributed by atoms with Gasteiger partial charge in [-0.25, -0.2) is 4.98 Å². The molecule has 0 radical (unpaired) electrons. The highest BCUT2D eigenvalue weighted by Gasteiger charge is 1.86. The van der Waals surface area contributed by atoms with Crippen molar-refractivity contribution in [3.8, 4) is 0 Å². The lowest BCUT2D eigenvalue weighted by molar-refractivity contribution is 0.794. The molecule has 1 aromatic rings. The fourth-order valence-electron chi connectivity index (χ4n) is 0.308. The zero-order chi connectivity index (χ0) is 5.28. The van der Waals surface area contributed by atoms with E-state index >= 15 is 0 Å². The van der Waals surface area contributed by atoms with Gasteiger partial charge in [0.05, 0.1) is 0 Å². The molecule has 0 aromatic carbocycles. The quantitative estimate of drug-likeness (QED) is 0.436. The van der Waals surface area contributed by atoms with Gasteiger partial charge < -0.3 is 5.84 Å². The predicted octanol–water partition coefficient (Wildman–Crippen LogP) is -0.700. The van der Waals surface area contributed by atoms with Crippen LogP contribution in [-0.2, 0) is 0 Å². The number of aromatic nitrogens is 3. The summed E-state index contributed by atoms with van der Waals surface area (Å²) in [6, 6.07) is 0. The Bertz CT molecular complexity index is 139. The monoisotopic (exact) mass is 98.1 g/mol. The van der Waals surface area contributed by atoms with E-state index < -0.39 is 0 Å². The number of nitrogens with zero attached hydrogens (tertiary/aromatic N) is 3. The third-order valence-corrected chi connectivity index (χ3v) is 0.752. The second kappa shape index (κ2) is 1.22. The van der Waals surface area contributed by atoms with Crippen LogP contribution in [0.5, 0.6) is 0 Å². The van der Waals surface area contributed by atoms with Crippen molar-refractivity contribution in [3.05, 3.63) is 12.2 Å². The molecule has 0 bridgehead atoms. The molecule has 0 saturated heterocycles. The minimum atomic E-state index is 0.722. The molecule has 4 heteroatoms. The molecule has 0 aliphatic carbocycles. The minimum absolute atomic E-state index is 0.722. The van der Waals surface area contributed by atoms with Crippen LogP contribution in [0, 0.1) is 6.92 Å². The maximum Gasteiger partial charge on any atom is 0.146 e. The lowest BCUT2D eigenvalue weighted by Gasteiger charge is -1.85. The molecule has 0 saturated carbocycles. The molecule has 0 aliphatic heterocycles. The van der Waals surface area contributed by atoms with E-state index in [0.29, 0.717) is 0 Å². The molecule has 0 atom stereocenters. The molecule has 38 valence electrons. The first-order valence-corrected chi connectivity index (χ1v) is 1.92. The average molecular weight is 98.1 g/mol. The first kappa shape index (κ1) is 4.11. The number of nitrogen functional groups attached to an aromatic ring is 1. The van der Waals surface area contributed by atoms with Gasteiger partial charge in [0, 0.05) is 0 Å². The van der Waals surface area contributed by atoms with E-state index in [0.717, 1.165) is 5.82 Å². The Labute approximate surface area is 40.9 Å². The Hall–Kier alpha value is -1.06. The Kier molecular flexibility index (Phi) is 0.714. The summed E-state index contributed by atoms with van der Waals surface area (Å²) in [5, 5.41) is 3.60. The third kappa shape index (κ3) is 0.534. The van der Waals surface area contributed by atoms with Crippen molar-refractivity contribution in [2.75, 3.05) is 5.84 Å². The van der Waals surface area contributed by atoms with Gasteiger partial charge >= 0.3 is 0 Å². The number of hydrogen-bond donors (Lipinski definition) is 1. The lowest BCUT2D eigenvalue weighted by atomic mass is 10.7. The van der Waals surface area contributed by atoms with Crippen molar-refractivity contribution in [2.24, 2.45) is 0 Å². The Morgan fingerprint density at radius 2 is 2.57 bits per heavy atom. The van der Waals surface area contributed by atoms with Crippen molar-refractivity contribution >= 4 is 0 Å². The molecule has 1 heterocycles. The van der Waals surface area contributed by atoms with Crippen LogP contribution in [0.25, 0.3) is 0 Å². The topological polar surface area (TPSA) is 56.7 Å². The van der Waals surface area contributed by atoms with Crippen LogP contribution in [0.2, 0.25) is 0 Å². The van der Waals surface area contributed by atoms with Gasteiger partial charge in [-0.3, -0.25) is 0 Å².